The first-order chi connectivity index (χ1) is 23.1. The minimum atomic E-state index is -5.01. The number of alkyl halides is 3. The van der Waals surface area contributed by atoms with Gasteiger partial charge in [-0.05, 0) is 74.8 Å². The summed E-state index contributed by atoms with van der Waals surface area (Å²) >= 11 is 0. The van der Waals surface area contributed by atoms with Crippen molar-refractivity contribution in [3.63, 3.8) is 0 Å². The molecule has 6 unspecified atom stereocenters. The number of hydrogen-bond donors (Lipinski definition) is 2. The molecular weight excluding hydrogens is 625 g/mol. The molecule has 0 saturated carbocycles. The van der Waals surface area contributed by atoms with E-state index in [0.29, 0.717) is 17.4 Å². The molecule has 262 valence electrons. The van der Waals surface area contributed by atoms with Crippen molar-refractivity contribution >= 4 is 11.8 Å². The molecule has 9 nitrogen and oxygen atoms in total. The van der Waals surface area contributed by atoms with Gasteiger partial charge >= 0.3 is 12.1 Å². The highest BCUT2D eigenvalue weighted by molar-refractivity contribution is 5.90. The maximum atomic E-state index is 13.0. The number of halogens is 3. The number of carbonyl (C=O) groups excluding carboxylic acids is 2. The number of nitrogens with zero attached hydrogens (tertiary/aromatic N) is 3. The minimum Gasteiger partial charge on any atom is -0.392 e. The Morgan fingerprint density at radius 2 is 1.52 bits per heavy atom. The summed E-state index contributed by atoms with van der Waals surface area (Å²) in [4.78, 5) is 30.4. The van der Waals surface area contributed by atoms with Gasteiger partial charge in [-0.15, -0.1) is 0 Å². The smallest absolute Gasteiger partial charge is 0.392 e. The lowest BCUT2D eigenvalue weighted by molar-refractivity contribution is -0.276. The Hall–Kier alpha value is -3.03. The summed E-state index contributed by atoms with van der Waals surface area (Å²) in [5, 5.41) is 12.3. The van der Waals surface area contributed by atoms with Crippen LogP contribution in [0.4, 0.5) is 13.2 Å². The normalized spacial score (nSPS) is 28.6. The van der Waals surface area contributed by atoms with E-state index in [2.05, 4.69) is 22.0 Å². The summed E-state index contributed by atoms with van der Waals surface area (Å²) in [6.45, 7) is 7.50. The first kappa shape index (κ1) is 34.8. The monoisotopic (exact) mass is 672 g/mol. The van der Waals surface area contributed by atoms with E-state index in [0.717, 1.165) is 41.9 Å². The zero-order valence-electron chi connectivity index (χ0n) is 27.5. The first-order valence-corrected chi connectivity index (χ1v) is 17.3. The first-order valence-electron chi connectivity index (χ1n) is 17.3. The third-order valence-corrected chi connectivity index (χ3v) is 10.5. The molecule has 2 aromatic carbocycles. The average Bonchev–Trinajstić information content (AvgIpc) is 3.88. The predicted molar refractivity (Wildman–Crippen MR) is 172 cm³/mol. The summed E-state index contributed by atoms with van der Waals surface area (Å²) in [5.41, 5.74) is 3.45. The van der Waals surface area contributed by atoms with Gasteiger partial charge in [0.2, 0.25) is 5.91 Å². The van der Waals surface area contributed by atoms with Gasteiger partial charge in [0.05, 0.1) is 18.8 Å². The number of rotatable bonds is 10. The highest BCUT2D eigenvalue weighted by atomic mass is 19.4. The number of likely N-dealkylation sites (tertiary alicyclic amines) is 3. The van der Waals surface area contributed by atoms with E-state index < -0.39 is 30.3 Å². The van der Waals surface area contributed by atoms with Crippen LogP contribution in [0.25, 0.3) is 0 Å². The SMILES string of the molecule is CC1C(CN2CCCC2CN2CCCC2)OC(c2ccc(CNC(=O)C3CCCN3C(=O)C(F)(F)F)cc2)OC1c1ccc(CO)cc1. The van der Waals surface area contributed by atoms with Gasteiger partial charge in [-0.2, -0.15) is 13.2 Å². The molecule has 4 aliphatic rings. The number of amides is 2. The Morgan fingerprint density at radius 1 is 0.854 bits per heavy atom. The van der Waals surface area contributed by atoms with Crippen LogP contribution in [0.5, 0.6) is 0 Å². The highest BCUT2D eigenvalue weighted by Gasteiger charge is 2.47. The number of nitrogens with one attached hydrogen (secondary N) is 1. The van der Waals surface area contributed by atoms with Crippen molar-refractivity contribution < 1.29 is 37.3 Å². The molecule has 48 heavy (non-hydrogen) atoms. The quantitative estimate of drug-likeness (QED) is 0.378. The van der Waals surface area contributed by atoms with Gasteiger partial charge < -0.3 is 29.7 Å². The lowest BCUT2D eigenvalue weighted by atomic mass is 9.90. The summed E-state index contributed by atoms with van der Waals surface area (Å²) in [6.07, 6.45) is -0.479. The van der Waals surface area contributed by atoms with Crippen molar-refractivity contribution in [1.82, 2.24) is 20.0 Å². The van der Waals surface area contributed by atoms with E-state index in [4.69, 9.17) is 9.47 Å². The average molecular weight is 673 g/mol. The Balaban J connectivity index is 1.13. The third-order valence-electron chi connectivity index (χ3n) is 10.5. The van der Waals surface area contributed by atoms with Crippen LogP contribution in [0, 0.1) is 5.92 Å². The predicted octanol–water partition coefficient (Wildman–Crippen LogP) is 4.70. The molecule has 0 spiro atoms. The van der Waals surface area contributed by atoms with E-state index in [9.17, 15) is 27.9 Å². The topological polar surface area (TPSA) is 94.6 Å². The van der Waals surface area contributed by atoms with Crippen LogP contribution in [0.15, 0.2) is 48.5 Å². The lowest BCUT2D eigenvalue weighted by Gasteiger charge is -2.43. The maximum absolute atomic E-state index is 13.0. The van der Waals surface area contributed by atoms with Crippen LogP contribution in [-0.2, 0) is 32.2 Å². The number of benzene rings is 2. The third kappa shape index (κ3) is 8.05. The van der Waals surface area contributed by atoms with Gasteiger partial charge in [-0.25, -0.2) is 0 Å². The molecule has 2 aromatic rings. The maximum Gasteiger partial charge on any atom is 0.471 e. The fourth-order valence-electron chi connectivity index (χ4n) is 7.71. The van der Waals surface area contributed by atoms with Crippen molar-refractivity contribution in [3.8, 4) is 0 Å². The van der Waals surface area contributed by atoms with Gasteiger partial charge in [-0.3, -0.25) is 14.5 Å². The molecule has 6 atom stereocenters. The number of aliphatic hydroxyl groups excluding tert-OH is 1. The van der Waals surface area contributed by atoms with Gasteiger partial charge in [0.25, 0.3) is 0 Å². The minimum absolute atomic E-state index is 0.0273. The van der Waals surface area contributed by atoms with Crippen molar-refractivity contribution in [2.75, 3.05) is 39.3 Å². The van der Waals surface area contributed by atoms with Crippen molar-refractivity contribution in [3.05, 3.63) is 70.8 Å². The van der Waals surface area contributed by atoms with Crippen LogP contribution in [0.1, 0.15) is 80.1 Å². The number of ether oxygens (including phenoxy) is 2. The van der Waals surface area contributed by atoms with Crippen LogP contribution >= 0.6 is 0 Å². The Bertz CT molecular complexity index is 1390. The number of carbonyl (C=O) groups is 2. The van der Waals surface area contributed by atoms with E-state index in [-0.39, 0.29) is 44.2 Å². The molecule has 4 aliphatic heterocycles. The van der Waals surface area contributed by atoms with Crippen molar-refractivity contribution in [2.45, 2.75) is 95.4 Å². The van der Waals surface area contributed by atoms with Crippen LogP contribution < -0.4 is 5.32 Å². The summed E-state index contributed by atoms with van der Waals surface area (Å²) in [5.74, 6) is -2.49. The molecule has 0 radical (unpaired) electrons. The van der Waals surface area contributed by atoms with Gasteiger partial charge in [-0.1, -0.05) is 55.5 Å². The Kier molecular flexibility index (Phi) is 11.1. The molecule has 2 N–H and O–H groups in total. The number of hydrogen-bond acceptors (Lipinski definition) is 7. The second-order valence-corrected chi connectivity index (χ2v) is 13.7. The second-order valence-electron chi connectivity index (χ2n) is 13.7. The van der Waals surface area contributed by atoms with E-state index >= 15 is 0 Å². The zero-order chi connectivity index (χ0) is 33.8. The van der Waals surface area contributed by atoms with E-state index in [1.54, 1.807) is 0 Å². The van der Waals surface area contributed by atoms with E-state index in [1.807, 2.05) is 48.5 Å². The largest absolute Gasteiger partial charge is 0.471 e. The fraction of sp³-hybridized carbons (Fsp3) is 0.611. The van der Waals surface area contributed by atoms with Gasteiger partial charge in [0.15, 0.2) is 6.29 Å². The van der Waals surface area contributed by atoms with Gasteiger partial charge in [0.1, 0.15) is 6.04 Å². The fourth-order valence-corrected chi connectivity index (χ4v) is 7.71. The Morgan fingerprint density at radius 3 is 2.21 bits per heavy atom. The molecule has 0 bridgehead atoms. The Labute approximate surface area is 280 Å². The lowest BCUT2D eigenvalue weighted by Crippen LogP contribution is -2.50. The zero-order valence-corrected chi connectivity index (χ0v) is 27.5. The highest BCUT2D eigenvalue weighted by Crippen LogP contribution is 2.42. The molecule has 4 heterocycles. The molecular formula is C36H47F3N4O5. The van der Waals surface area contributed by atoms with Crippen molar-refractivity contribution in [1.29, 1.82) is 0 Å². The standard InChI is InChI=1S/C36H47F3N4O5/c1-24-31(22-42-18-4-6-29(42)21-41-16-2-3-17-41)47-34(48-32(24)27-12-10-26(23-44)11-13-27)28-14-8-25(9-15-28)20-40-33(45)30-7-5-19-43(30)35(46)36(37,38)39/h8-15,24,29-32,34,44H,2-7,16-23H2,1H3,(H,40,45). The summed E-state index contributed by atoms with van der Waals surface area (Å²) in [6, 6.07) is 14.7. The van der Waals surface area contributed by atoms with Crippen LogP contribution in [0.3, 0.4) is 0 Å². The van der Waals surface area contributed by atoms with Crippen LogP contribution in [-0.4, -0.2) is 95.3 Å². The summed E-state index contributed by atoms with van der Waals surface area (Å²) in [7, 11) is 0. The molecule has 2 amide bonds. The second kappa shape index (κ2) is 15.2. The van der Waals surface area contributed by atoms with Crippen molar-refractivity contribution in [2.24, 2.45) is 5.92 Å². The summed E-state index contributed by atoms with van der Waals surface area (Å²) < 4.78 is 52.4. The van der Waals surface area contributed by atoms with Gasteiger partial charge in [0, 0.05) is 43.7 Å². The molecule has 4 saturated heterocycles. The molecule has 6 rings (SSSR count). The molecule has 0 aliphatic carbocycles. The number of aliphatic hydroxyl groups is 1. The molecule has 0 aromatic heterocycles. The van der Waals surface area contributed by atoms with E-state index in [1.165, 1.54) is 38.8 Å². The van der Waals surface area contributed by atoms with Crippen LogP contribution in [0.2, 0.25) is 0 Å². The molecule has 12 heteroatoms. The molecule has 4 fully saturated rings.